The quantitative estimate of drug-likeness (QED) is 0.327. The molecule has 0 saturated carbocycles. The van der Waals surface area contributed by atoms with Gasteiger partial charge in [0.2, 0.25) is 17.7 Å². The molecule has 3 rings (SSSR count). The van der Waals surface area contributed by atoms with Gasteiger partial charge >= 0.3 is 0 Å². The van der Waals surface area contributed by atoms with E-state index in [0.717, 1.165) is 23.3 Å². The maximum absolute atomic E-state index is 12.8. The largest absolute Gasteiger partial charge is 0.355 e. The van der Waals surface area contributed by atoms with Crippen LogP contribution in [0.1, 0.15) is 41.6 Å². The number of nitrogens with two attached hydrogens (primary N) is 1. The number of hydrogen-bond acceptors (Lipinski definition) is 6. The molecule has 0 spiro atoms. The number of imide groups is 1. The van der Waals surface area contributed by atoms with E-state index in [4.69, 9.17) is 5.73 Å². The molecule has 0 bridgehead atoms. The zero-order valence-electron chi connectivity index (χ0n) is 15.5. The minimum atomic E-state index is -0.638. The topological polar surface area (TPSA) is 122 Å². The molecular weight excluding hydrogens is 380 g/mol. The Balaban J connectivity index is 1.63. The first kappa shape index (κ1) is 20.3. The van der Waals surface area contributed by atoms with Gasteiger partial charge in [-0.3, -0.25) is 24.5 Å². The standard InChI is InChI=1S/C19H24N4O4S/c20-8-1-2-9-21-17(25)11-28-15-5-3-4-12-13(15)10-23(19(12)27)14-6-7-16(24)22-18(14)26/h3-5,14H,1-2,6-11,20H2,(H,21,25)(H,22,24,26). The molecule has 0 aromatic heterocycles. The van der Waals surface area contributed by atoms with E-state index in [1.807, 2.05) is 6.07 Å². The number of unbranched alkanes of at least 4 members (excludes halogenated alkanes) is 1. The number of hydrogen-bond donors (Lipinski definition) is 3. The van der Waals surface area contributed by atoms with Crippen LogP contribution in [0.2, 0.25) is 0 Å². The number of fused-ring (bicyclic) bond motifs is 1. The molecule has 2 aliphatic heterocycles. The molecule has 1 aromatic carbocycles. The predicted octanol–water partition coefficient (Wildman–Crippen LogP) is 0.395. The lowest BCUT2D eigenvalue weighted by atomic mass is 10.0. The molecule has 1 saturated heterocycles. The van der Waals surface area contributed by atoms with Crippen molar-refractivity contribution in [3.05, 3.63) is 29.3 Å². The molecule has 4 N–H and O–H groups in total. The number of piperidine rings is 1. The first-order chi connectivity index (χ1) is 13.5. The van der Waals surface area contributed by atoms with Crippen molar-refractivity contribution in [2.45, 2.75) is 43.2 Å². The summed E-state index contributed by atoms with van der Waals surface area (Å²) < 4.78 is 0. The summed E-state index contributed by atoms with van der Waals surface area (Å²) in [6.07, 6.45) is 2.28. The van der Waals surface area contributed by atoms with Crippen molar-refractivity contribution in [1.82, 2.24) is 15.5 Å². The summed E-state index contributed by atoms with van der Waals surface area (Å²) in [6, 6.07) is 4.76. The highest BCUT2D eigenvalue weighted by Crippen LogP contribution is 2.34. The summed E-state index contributed by atoms with van der Waals surface area (Å²) in [6.45, 7) is 1.52. The second-order valence-electron chi connectivity index (χ2n) is 6.82. The lowest BCUT2D eigenvalue weighted by Crippen LogP contribution is -2.52. The molecule has 150 valence electrons. The molecule has 9 heteroatoms. The summed E-state index contributed by atoms with van der Waals surface area (Å²) in [5, 5.41) is 5.16. The molecule has 1 unspecified atom stereocenters. The minimum Gasteiger partial charge on any atom is -0.355 e. The smallest absolute Gasteiger partial charge is 0.255 e. The third-order valence-electron chi connectivity index (χ3n) is 4.85. The van der Waals surface area contributed by atoms with Crippen molar-refractivity contribution in [3.8, 4) is 0 Å². The highest BCUT2D eigenvalue weighted by Gasteiger charge is 2.39. The van der Waals surface area contributed by atoms with Crippen molar-refractivity contribution in [1.29, 1.82) is 0 Å². The molecular formula is C19H24N4O4S. The van der Waals surface area contributed by atoms with Gasteiger partial charge in [0.05, 0.1) is 5.75 Å². The van der Waals surface area contributed by atoms with E-state index >= 15 is 0 Å². The van der Waals surface area contributed by atoms with Crippen molar-refractivity contribution >= 4 is 35.4 Å². The predicted molar refractivity (Wildman–Crippen MR) is 105 cm³/mol. The van der Waals surface area contributed by atoms with Crippen LogP contribution in [-0.4, -0.2) is 53.4 Å². The Hall–Kier alpha value is -2.39. The number of amides is 4. The summed E-state index contributed by atoms with van der Waals surface area (Å²) in [4.78, 5) is 50.7. The SMILES string of the molecule is NCCCCNC(=O)CSc1cccc2c1CN(C1CCC(=O)NC1=O)C2=O. The molecule has 28 heavy (non-hydrogen) atoms. The van der Waals surface area contributed by atoms with Crippen LogP contribution in [0.3, 0.4) is 0 Å². The Morgan fingerprint density at radius 2 is 2.11 bits per heavy atom. The summed E-state index contributed by atoms with van der Waals surface area (Å²) in [5.41, 5.74) is 6.82. The molecule has 2 heterocycles. The summed E-state index contributed by atoms with van der Waals surface area (Å²) in [7, 11) is 0. The third kappa shape index (κ3) is 4.53. The lowest BCUT2D eigenvalue weighted by Gasteiger charge is -2.29. The Morgan fingerprint density at radius 3 is 2.86 bits per heavy atom. The molecule has 8 nitrogen and oxygen atoms in total. The van der Waals surface area contributed by atoms with Crippen molar-refractivity contribution in [3.63, 3.8) is 0 Å². The maximum Gasteiger partial charge on any atom is 0.255 e. The second kappa shape index (κ2) is 9.20. The van der Waals surface area contributed by atoms with Gasteiger partial charge < -0.3 is 16.0 Å². The molecule has 4 amide bonds. The Labute approximate surface area is 167 Å². The first-order valence-corrected chi connectivity index (χ1v) is 10.4. The molecule has 1 aromatic rings. The van der Waals surface area contributed by atoms with E-state index in [9.17, 15) is 19.2 Å². The third-order valence-corrected chi connectivity index (χ3v) is 5.95. The van der Waals surface area contributed by atoms with Gasteiger partial charge in [0, 0.05) is 30.0 Å². The fourth-order valence-electron chi connectivity index (χ4n) is 3.38. The Morgan fingerprint density at radius 1 is 1.29 bits per heavy atom. The number of nitrogens with one attached hydrogen (secondary N) is 2. The van der Waals surface area contributed by atoms with Gasteiger partial charge in [-0.2, -0.15) is 0 Å². The van der Waals surface area contributed by atoms with Crippen LogP contribution in [0, 0.1) is 0 Å². The highest BCUT2D eigenvalue weighted by molar-refractivity contribution is 8.00. The Kier molecular flexibility index (Phi) is 6.69. The monoisotopic (exact) mass is 404 g/mol. The maximum atomic E-state index is 12.8. The molecule has 2 aliphatic rings. The molecule has 0 radical (unpaired) electrons. The number of rotatable bonds is 8. The van der Waals surface area contributed by atoms with Gasteiger partial charge in [-0.1, -0.05) is 6.07 Å². The normalized spacial score (nSPS) is 18.8. The number of thioether (sulfide) groups is 1. The van der Waals surface area contributed by atoms with Crippen molar-refractivity contribution in [2.75, 3.05) is 18.8 Å². The molecule has 0 aliphatic carbocycles. The van der Waals surface area contributed by atoms with Gasteiger partial charge in [-0.05, 0) is 43.5 Å². The van der Waals surface area contributed by atoms with E-state index in [1.54, 1.807) is 12.1 Å². The van der Waals surface area contributed by atoms with Crippen LogP contribution >= 0.6 is 11.8 Å². The number of carbonyl (C=O) groups excluding carboxylic acids is 4. The molecule has 1 fully saturated rings. The number of nitrogens with zero attached hydrogens (tertiary/aromatic N) is 1. The summed E-state index contributed by atoms with van der Waals surface area (Å²) >= 11 is 1.38. The van der Waals surface area contributed by atoms with E-state index in [1.165, 1.54) is 16.7 Å². The fourth-order valence-corrected chi connectivity index (χ4v) is 4.30. The minimum absolute atomic E-state index is 0.0639. The van der Waals surface area contributed by atoms with Crippen LogP contribution in [-0.2, 0) is 20.9 Å². The van der Waals surface area contributed by atoms with E-state index in [-0.39, 0.29) is 29.9 Å². The first-order valence-electron chi connectivity index (χ1n) is 9.37. The van der Waals surface area contributed by atoms with Gasteiger partial charge in [0.1, 0.15) is 6.04 Å². The number of carbonyl (C=O) groups is 4. The zero-order valence-corrected chi connectivity index (χ0v) is 16.3. The Bertz CT molecular complexity index is 798. The fraction of sp³-hybridized carbons (Fsp3) is 0.474. The van der Waals surface area contributed by atoms with E-state index < -0.39 is 11.9 Å². The molecule has 1 atom stereocenters. The highest BCUT2D eigenvalue weighted by atomic mass is 32.2. The van der Waals surface area contributed by atoms with Crippen molar-refractivity contribution < 1.29 is 19.2 Å². The van der Waals surface area contributed by atoms with Crippen LogP contribution in [0.4, 0.5) is 0 Å². The van der Waals surface area contributed by atoms with Crippen molar-refractivity contribution in [2.24, 2.45) is 5.73 Å². The van der Waals surface area contributed by atoms with Crippen LogP contribution < -0.4 is 16.4 Å². The van der Waals surface area contributed by atoms with Gasteiger partial charge in [0.25, 0.3) is 5.91 Å². The van der Waals surface area contributed by atoms with Gasteiger partial charge in [0.15, 0.2) is 0 Å². The average molecular weight is 404 g/mol. The van der Waals surface area contributed by atoms with E-state index in [2.05, 4.69) is 10.6 Å². The van der Waals surface area contributed by atoms with Crippen LogP contribution in [0.15, 0.2) is 23.1 Å². The summed E-state index contributed by atoms with van der Waals surface area (Å²) in [5.74, 6) is -0.752. The van der Waals surface area contributed by atoms with Gasteiger partial charge in [-0.15, -0.1) is 11.8 Å². The average Bonchev–Trinajstić information content (AvgIpc) is 3.01. The second-order valence-corrected chi connectivity index (χ2v) is 7.83. The van der Waals surface area contributed by atoms with Crippen LogP contribution in [0.25, 0.3) is 0 Å². The van der Waals surface area contributed by atoms with Crippen LogP contribution in [0.5, 0.6) is 0 Å². The number of benzene rings is 1. The lowest BCUT2D eigenvalue weighted by molar-refractivity contribution is -0.137. The van der Waals surface area contributed by atoms with Gasteiger partial charge in [-0.25, -0.2) is 0 Å². The van der Waals surface area contributed by atoms with E-state index in [0.29, 0.717) is 31.6 Å². The zero-order chi connectivity index (χ0) is 20.1.